The van der Waals surface area contributed by atoms with Crippen molar-refractivity contribution in [3.63, 3.8) is 0 Å². The Balaban J connectivity index is 1.76. The first-order valence-corrected chi connectivity index (χ1v) is 9.85. The monoisotopic (exact) mass is 405 g/mol. The number of carbonyl (C=O) groups excluding carboxylic acids is 2. The molecule has 2 amide bonds. The fourth-order valence-electron chi connectivity index (χ4n) is 3.28. The first-order chi connectivity index (χ1) is 14.5. The maximum Gasteiger partial charge on any atom is 0.255 e. The van der Waals surface area contributed by atoms with Gasteiger partial charge in [0.25, 0.3) is 5.91 Å². The van der Waals surface area contributed by atoms with Gasteiger partial charge in [0.1, 0.15) is 0 Å². The molecule has 1 aromatic heterocycles. The lowest BCUT2D eigenvalue weighted by Gasteiger charge is -2.16. The summed E-state index contributed by atoms with van der Waals surface area (Å²) >= 11 is 0. The van der Waals surface area contributed by atoms with E-state index >= 15 is 0 Å². The zero-order valence-electron chi connectivity index (χ0n) is 17.5. The number of amides is 2. The van der Waals surface area contributed by atoms with Crippen molar-refractivity contribution in [3.8, 4) is 11.1 Å². The topological polar surface area (TPSA) is 90.1 Å². The third kappa shape index (κ3) is 5.12. The molecule has 0 saturated carbocycles. The zero-order valence-corrected chi connectivity index (χ0v) is 17.5. The summed E-state index contributed by atoms with van der Waals surface area (Å²) < 4.78 is 0. The molecule has 2 aromatic carbocycles. The third-order valence-corrected chi connectivity index (χ3v) is 4.87. The smallest absolute Gasteiger partial charge is 0.255 e. The minimum Gasteiger partial charge on any atom is -0.345 e. The lowest BCUT2D eigenvalue weighted by molar-refractivity contribution is -0.116. The average molecular weight is 406 g/mol. The average Bonchev–Trinajstić information content (AvgIpc) is 3.28. The summed E-state index contributed by atoms with van der Waals surface area (Å²) in [4.78, 5) is 26.9. The number of aromatic nitrogens is 2. The fourth-order valence-corrected chi connectivity index (χ4v) is 3.28. The van der Waals surface area contributed by atoms with E-state index in [1.165, 1.54) is 10.5 Å². The van der Waals surface area contributed by atoms with Crippen molar-refractivity contribution in [1.82, 2.24) is 20.4 Å². The van der Waals surface area contributed by atoms with Crippen LogP contribution in [-0.2, 0) is 17.8 Å². The molecule has 0 spiro atoms. The Morgan fingerprint density at radius 2 is 1.83 bits per heavy atom. The lowest BCUT2D eigenvalue weighted by atomic mass is 10.0. The second-order valence-electron chi connectivity index (χ2n) is 7.29. The first-order valence-electron chi connectivity index (χ1n) is 9.85. The molecule has 7 heteroatoms. The van der Waals surface area contributed by atoms with Crippen LogP contribution in [0.3, 0.4) is 0 Å². The number of hydrogen-bond acceptors (Lipinski definition) is 4. The van der Waals surface area contributed by atoms with Gasteiger partial charge in [0.2, 0.25) is 5.91 Å². The Morgan fingerprint density at radius 1 is 1.07 bits per heavy atom. The maximum atomic E-state index is 12.7. The number of nitrogens with one attached hydrogen (secondary N) is 3. The van der Waals surface area contributed by atoms with Gasteiger partial charge in [0, 0.05) is 38.8 Å². The standard InChI is InChI=1S/C23H27N5O2/c1-24-13-18-7-5-4-6-16(18)9-11-22(29)27-21-10-8-17(19-14-25-26-15-19)12-20(21)23(30)28(2)3/h4-8,10,12,14-15,24H,9,11,13H2,1-3H3,(H,25,26)(H,27,29). The van der Waals surface area contributed by atoms with E-state index in [1.807, 2.05) is 31.3 Å². The van der Waals surface area contributed by atoms with E-state index in [9.17, 15) is 9.59 Å². The number of H-pyrrole nitrogens is 1. The molecule has 0 atom stereocenters. The van der Waals surface area contributed by atoms with Crippen LogP contribution in [0.1, 0.15) is 27.9 Å². The molecule has 7 nitrogen and oxygen atoms in total. The van der Waals surface area contributed by atoms with Gasteiger partial charge in [-0.1, -0.05) is 30.3 Å². The van der Waals surface area contributed by atoms with Gasteiger partial charge in [-0.25, -0.2) is 0 Å². The van der Waals surface area contributed by atoms with E-state index in [1.54, 1.807) is 38.6 Å². The normalized spacial score (nSPS) is 10.6. The van der Waals surface area contributed by atoms with Gasteiger partial charge in [-0.3, -0.25) is 14.7 Å². The van der Waals surface area contributed by atoms with Gasteiger partial charge < -0.3 is 15.5 Å². The molecule has 30 heavy (non-hydrogen) atoms. The number of aryl methyl sites for hydroxylation is 1. The van der Waals surface area contributed by atoms with Crippen molar-refractivity contribution in [2.75, 3.05) is 26.5 Å². The second-order valence-corrected chi connectivity index (χ2v) is 7.29. The highest BCUT2D eigenvalue weighted by atomic mass is 16.2. The summed E-state index contributed by atoms with van der Waals surface area (Å²) in [6, 6.07) is 13.5. The molecular formula is C23H27N5O2. The quantitative estimate of drug-likeness (QED) is 0.537. The predicted molar refractivity (Wildman–Crippen MR) is 118 cm³/mol. The molecule has 0 bridgehead atoms. The van der Waals surface area contributed by atoms with Crippen LogP contribution < -0.4 is 10.6 Å². The molecule has 156 valence electrons. The number of hydrogen-bond donors (Lipinski definition) is 3. The van der Waals surface area contributed by atoms with Crippen molar-refractivity contribution >= 4 is 17.5 Å². The third-order valence-electron chi connectivity index (χ3n) is 4.87. The van der Waals surface area contributed by atoms with E-state index in [4.69, 9.17) is 0 Å². The van der Waals surface area contributed by atoms with E-state index in [-0.39, 0.29) is 11.8 Å². The Kier molecular flexibility index (Phi) is 6.98. The predicted octanol–water partition coefficient (Wildman–Crippen LogP) is 3.07. The highest BCUT2D eigenvalue weighted by molar-refractivity contribution is 6.04. The number of nitrogens with zero attached hydrogens (tertiary/aromatic N) is 2. The molecule has 0 unspecified atom stereocenters. The molecule has 3 rings (SSSR count). The van der Waals surface area contributed by atoms with Crippen molar-refractivity contribution in [3.05, 3.63) is 71.5 Å². The number of carbonyl (C=O) groups is 2. The highest BCUT2D eigenvalue weighted by Crippen LogP contribution is 2.26. The maximum absolute atomic E-state index is 12.7. The van der Waals surface area contributed by atoms with Crippen molar-refractivity contribution in [2.45, 2.75) is 19.4 Å². The summed E-state index contributed by atoms with van der Waals surface area (Å²) in [5.41, 5.74) is 5.01. The summed E-state index contributed by atoms with van der Waals surface area (Å²) in [7, 11) is 5.29. The number of rotatable bonds is 8. The van der Waals surface area contributed by atoms with Gasteiger partial charge >= 0.3 is 0 Å². The SMILES string of the molecule is CNCc1ccccc1CCC(=O)Nc1ccc(-c2cn[nH]c2)cc1C(=O)N(C)C. The molecule has 0 radical (unpaired) electrons. The van der Waals surface area contributed by atoms with Gasteiger partial charge in [0.05, 0.1) is 17.4 Å². The number of benzene rings is 2. The Morgan fingerprint density at radius 3 is 2.50 bits per heavy atom. The summed E-state index contributed by atoms with van der Waals surface area (Å²) in [6.07, 6.45) is 4.42. The number of aromatic amines is 1. The van der Waals surface area contributed by atoms with Crippen LogP contribution in [0, 0.1) is 0 Å². The van der Waals surface area contributed by atoms with Crippen LogP contribution >= 0.6 is 0 Å². The fraction of sp³-hybridized carbons (Fsp3) is 0.261. The Hall–Kier alpha value is -3.45. The zero-order chi connectivity index (χ0) is 21.5. The van der Waals surface area contributed by atoms with E-state index in [0.29, 0.717) is 24.1 Å². The molecule has 0 aliphatic rings. The molecule has 0 fully saturated rings. The van der Waals surface area contributed by atoms with Crippen molar-refractivity contribution in [2.24, 2.45) is 0 Å². The summed E-state index contributed by atoms with van der Waals surface area (Å²) in [5, 5.41) is 12.8. The summed E-state index contributed by atoms with van der Waals surface area (Å²) in [5.74, 6) is -0.298. The van der Waals surface area contributed by atoms with Gasteiger partial charge in [-0.15, -0.1) is 0 Å². The minimum absolute atomic E-state index is 0.127. The van der Waals surface area contributed by atoms with Crippen molar-refractivity contribution in [1.29, 1.82) is 0 Å². The van der Waals surface area contributed by atoms with Crippen LogP contribution in [0.15, 0.2) is 54.9 Å². The molecule has 3 N–H and O–H groups in total. The van der Waals surface area contributed by atoms with Crippen molar-refractivity contribution < 1.29 is 9.59 Å². The van der Waals surface area contributed by atoms with E-state index in [2.05, 4.69) is 26.9 Å². The Bertz CT molecular complexity index is 1010. The Labute approximate surface area is 176 Å². The lowest BCUT2D eigenvalue weighted by Crippen LogP contribution is -2.24. The molecule has 3 aromatic rings. The molecular weight excluding hydrogens is 378 g/mol. The molecule has 0 aliphatic heterocycles. The molecule has 0 saturated heterocycles. The van der Waals surface area contributed by atoms with Gasteiger partial charge in [-0.2, -0.15) is 5.10 Å². The second kappa shape index (κ2) is 9.84. The minimum atomic E-state index is -0.171. The molecule has 0 aliphatic carbocycles. The van der Waals surface area contributed by atoms with E-state index in [0.717, 1.165) is 23.2 Å². The van der Waals surface area contributed by atoms with Crippen LogP contribution in [0.4, 0.5) is 5.69 Å². The number of anilines is 1. The van der Waals surface area contributed by atoms with Crippen LogP contribution in [0.2, 0.25) is 0 Å². The van der Waals surface area contributed by atoms with Crippen LogP contribution in [0.5, 0.6) is 0 Å². The summed E-state index contributed by atoms with van der Waals surface area (Å²) in [6.45, 7) is 0.759. The van der Waals surface area contributed by atoms with Crippen LogP contribution in [-0.4, -0.2) is 48.1 Å². The molecule has 1 heterocycles. The highest BCUT2D eigenvalue weighted by Gasteiger charge is 2.17. The van der Waals surface area contributed by atoms with Gasteiger partial charge in [-0.05, 0) is 42.3 Å². The first kappa shape index (κ1) is 21.3. The van der Waals surface area contributed by atoms with Gasteiger partial charge in [0.15, 0.2) is 0 Å². The largest absolute Gasteiger partial charge is 0.345 e. The van der Waals surface area contributed by atoms with Crippen LogP contribution in [0.25, 0.3) is 11.1 Å². The van der Waals surface area contributed by atoms with E-state index < -0.39 is 0 Å².